The summed E-state index contributed by atoms with van der Waals surface area (Å²) in [4.78, 5) is 0. The van der Waals surface area contributed by atoms with E-state index in [-0.39, 0.29) is 6.54 Å². The van der Waals surface area contributed by atoms with Gasteiger partial charge in [0.15, 0.2) is 5.25 Å². The van der Waals surface area contributed by atoms with Crippen molar-refractivity contribution in [2.24, 2.45) is 5.73 Å². The van der Waals surface area contributed by atoms with E-state index in [0.29, 0.717) is 11.3 Å². The second-order valence-corrected chi connectivity index (χ2v) is 5.97. The van der Waals surface area contributed by atoms with Crippen molar-refractivity contribution in [1.29, 1.82) is 5.26 Å². The molecule has 0 heterocycles. The van der Waals surface area contributed by atoms with Gasteiger partial charge >= 0.3 is 0 Å². The van der Waals surface area contributed by atoms with Crippen LogP contribution >= 0.6 is 0 Å². The van der Waals surface area contributed by atoms with Crippen molar-refractivity contribution >= 4 is 15.7 Å². The Kier molecular flexibility index (Phi) is 4.94. The summed E-state index contributed by atoms with van der Waals surface area (Å²) in [6, 6.07) is 6.91. The van der Waals surface area contributed by atoms with Gasteiger partial charge in [-0.2, -0.15) is 5.26 Å². The van der Waals surface area contributed by atoms with E-state index in [2.05, 4.69) is 16.6 Å². The van der Waals surface area contributed by atoms with Crippen molar-refractivity contribution in [3.63, 3.8) is 0 Å². The van der Waals surface area contributed by atoms with Crippen molar-refractivity contribution < 1.29 is 8.42 Å². The van der Waals surface area contributed by atoms with Gasteiger partial charge in [-0.1, -0.05) is 17.9 Å². The molecule has 0 spiro atoms. The lowest BCUT2D eigenvalue weighted by Crippen LogP contribution is -2.24. The van der Waals surface area contributed by atoms with Crippen LogP contribution in [0.5, 0.6) is 0 Å². The zero-order valence-electron chi connectivity index (χ0n) is 10.8. The number of nitriles is 1. The fourth-order valence-corrected chi connectivity index (χ4v) is 2.10. The number of anilines is 1. The van der Waals surface area contributed by atoms with Crippen LogP contribution in [0.15, 0.2) is 18.2 Å². The molecule has 0 saturated heterocycles. The summed E-state index contributed by atoms with van der Waals surface area (Å²) in [5, 5.41) is 7.56. The van der Waals surface area contributed by atoms with Crippen molar-refractivity contribution in [2.75, 3.05) is 11.3 Å². The molecule has 0 bridgehead atoms. The number of nitrogens with two attached hydrogens (primary N) is 1. The number of nitrogens with zero attached hydrogens (tertiary/aromatic N) is 1. The zero-order valence-corrected chi connectivity index (χ0v) is 11.6. The summed E-state index contributed by atoms with van der Waals surface area (Å²) in [7, 11) is -3.74. The van der Waals surface area contributed by atoms with Crippen LogP contribution < -0.4 is 10.5 Å². The van der Waals surface area contributed by atoms with Gasteiger partial charge < -0.3 is 5.73 Å². The number of sulfonamides is 1. The van der Waals surface area contributed by atoms with E-state index in [0.717, 1.165) is 5.56 Å². The fourth-order valence-electron chi connectivity index (χ4n) is 1.31. The third kappa shape index (κ3) is 3.99. The highest BCUT2D eigenvalue weighted by Gasteiger charge is 2.20. The third-order valence-electron chi connectivity index (χ3n) is 2.40. The van der Waals surface area contributed by atoms with E-state index in [1.54, 1.807) is 18.2 Å². The average Bonchev–Trinajstić information content (AvgIpc) is 2.36. The highest BCUT2D eigenvalue weighted by Crippen LogP contribution is 2.19. The molecule has 0 aliphatic carbocycles. The predicted octanol–water partition coefficient (Wildman–Crippen LogP) is 0.959. The summed E-state index contributed by atoms with van der Waals surface area (Å²) >= 11 is 0. The zero-order chi connectivity index (χ0) is 14.5. The van der Waals surface area contributed by atoms with E-state index in [1.165, 1.54) is 6.92 Å². The van der Waals surface area contributed by atoms with Crippen molar-refractivity contribution in [3.8, 4) is 17.9 Å². The average molecular weight is 277 g/mol. The number of aryl methyl sites for hydroxylation is 1. The summed E-state index contributed by atoms with van der Waals surface area (Å²) in [5.41, 5.74) is 7.08. The minimum absolute atomic E-state index is 0.189. The molecule has 19 heavy (non-hydrogen) atoms. The fraction of sp³-hybridized carbons (Fsp3) is 0.308. The first-order valence-corrected chi connectivity index (χ1v) is 7.16. The number of benzene rings is 1. The monoisotopic (exact) mass is 277 g/mol. The van der Waals surface area contributed by atoms with Crippen LogP contribution in [0.3, 0.4) is 0 Å². The van der Waals surface area contributed by atoms with Crippen LogP contribution in [0.1, 0.15) is 18.1 Å². The van der Waals surface area contributed by atoms with E-state index < -0.39 is 15.3 Å². The van der Waals surface area contributed by atoms with Gasteiger partial charge in [0.05, 0.1) is 18.3 Å². The molecule has 1 aromatic rings. The first kappa shape index (κ1) is 15.0. The lowest BCUT2D eigenvalue weighted by Gasteiger charge is -2.11. The van der Waals surface area contributed by atoms with Gasteiger partial charge in [0, 0.05) is 5.56 Å². The molecule has 5 nitrogen and oxygen atoms in total. The minimum atomic E-state index is -3.74. The Morgan fingerprint density at radius 2 is 2.16 bits per heavy atom. The molecule has 0 aliphatic heterocycles. The second-order valence-electron chi connectivity index (χ2n) is 3.97. The Bertz CT molecular complexity index is 663. The molecule has 1 atom stereocenters. The molecule has 0 saturated carbocycles. The largest absolute Gasteiger partial charge is 0.320 e. The molecular formula is C13H15N3O2S. The molecule has 1 aromatic carbocycles. The molecule has 0 amide bonds. The second kappa shape index (κ2) is 6.24. The summed E-state index contributed by atoms with van der Waals surface area (Å²) in [6.45, 7) is 3.35. The van der Waals surface area contributed by atoms with Crippen molar-refractivity contribution in [1.82, 2.24) is 0 Å². The molecule has 100 valence electrons. The normalized spacial score (nSPS) is 11.9. The summed E-state index contributed by atoms with van der Waals surface area (Å²) < 4.78 is 26.1. The first-order valence-electron chi connectivity index (χ1n) is 5.61. The highest BCUT2D eigenvalue weighted by molar-refractivity contribution is 7.93. The molecular weight excluding hydrogens is 262 g/mol. The smallest absolute Gasteiger partial charge is 0.248 e. The quantitative estimate of drug-likeness (QED) is 0.804. The molecule has 1 rings (SSSR count). The number of hydrogen-bond acceptors (Lipinski definition) is 4. The van der Waals surface area contributed by atoms with Crippen molar-refractivity contribution in [2.45, 2.75) is 19.1 Å². The van der Waals surface area contributed by atoms with E-state index >= 15 is 0 Å². The van der Waals surface area contributed by atoms with Gasteiger partial charge in [0.1, 0.15) is 0 Å². The van der Waals surface area contributed by atoms with Gasteiger partial charge in [0.25, 0.3) is 0 Å². The van der Waals surface area contributed by atoms with E-state index in [1.807, 2.05) is 13.0 Å². The van der Waals surface area contributed by atoms with Crippen LogP contribution in [0.25, 0.3) is 0 Å². The topological polar surface area (TPSA) is 96.0 Å². The van der Waals surface area contributed by atoms with Crippen LogP contribution in [-0.2, 0) is 10.0 Å². The molecule has 0 fully saturated rings. The van der Waals surface area contributed by atoms with Gasteiger partial charge in [0.2, 0.25) is 10.0 Å². The molecule has 3 N–H and O–H groups in total. The summed E-state index contributed by atoms with van der Waals surface area (Å²) in [5.74, 6) is 5.47. The van der Waals surface area contributed by atoms with Crippen molar-refractivity contribution in [3.05, 3.63) is 29.3 Å². The minimum Gasteiger partial charge on any atom is -0.320 e. The third-order valence-corrected chi connectivity index (χ3v) is 3.94. The maximum Gasteiger partial charge on any atom is 0.248 e. The predicted molar refractivity (Wildman–Crippen MR) is 74.7 cm³/mol. The van der Waals surface area contributed by atoms with Crippen LogP contribution in [0, 0.1) is 30.1 Å². The van der Waals surface area contributed by atoms with E-state index in [4.69, 9.17) is 11.0 Å². The van der Waals surface area contributed by atoms with Crippen LogP contribution in [0.2, 0.25) is 0 Å². The van der Waals surface area contributed by atoms with E-state index in [9.17, 15) is 8.42 Å². The summed E-state index contributed by atoms with van der Waals surface area (Å²) in [6.07, 6.45) is 0. The number of nitrogens with one attached hydrogen (secondary N) is 1. The standard InChI is InChI=1S/C13H15N3O2S/c1-10-5-6-12(4-3-7-14)13(8-10)16-19(17,18)11(2)9-15/h5-6,8,11,16H,7,14H2,1-2H3. The molecule has 0 aromatic heterocycles. The lowest BCUT2D eigenvalue weighted by atomic mass is 10.1. The molecule has 1 unspecified atom stereocenters. The Labute approximate surface area is 113 Å². The van der Waals surface area contributed by atoms with Gasteiger partial charge in [-0.05, 0) is 31.5 Å². The van der Waals surface area contributed by atoms with Crippen LogP contribution in [-0.4, -0.2) is 20.2 Å². The Balaban J connectivity index is 3.20. The SMILES string of the molecule is Cc1ccc(C#CCN)c(NS(=O)(=O)C(C)C#N)c1. The number of hydrogen-bond donors (Lipinski definition) is 2. The highest BCUT2D eigenvalue weighted by atomic mass is 32.2. The Morgan fingerprint density at radius 1 is 1.47 bits per heavy atom. The maximum absolute atomic E-state index is 11.9. The molecule has 6 heteroatoms. The Hall–Kier alpha value is -2.02. The maximum atomic E-state index is 11.9. The first-order chi connectivity index (χ1) is 8.90. The number of rotatable bonds is 3. The molecule has 0 aliphatic rings. The van der Waals surface area contributed by atoms with Gasteiger partial charge in [-0.25, -0.2) is 8.42 Å². The van der Waals surface area contributed by atoms with Gasteiger partial charge in [-0.15, -0.1) is 0 Å². The van der Waals surface area contributed by atoms with Crippen LogP contribution in [0.4, 0.5) is 5.69 Å². The van der Waals surface area contributed by atoms with Gasteiger partial charge in [-0.3, -0.25) is 4.72 Å². The Morgan fingerprint density at radius 3 is 2.74 bits per heavy atom. The lowest BCUT2D eigenvalue weighted by molar-refractivity contribution is 0.597. The molecule has 0 radical (unpaired) electrons.